The molecule has 0 aromatic carbocycles. The number of hydroxylamine groups is 3. The van der Waals surface area contributed by atoms with Gasteiger partial charge in [-0.1, -0.05) is 0 Å². The van der Waals surface area contributed by atoms with Gasteiger partial charge in [0, 0.05) is 0 Å². The van der Waals surface area contributed by atoms with Crippen LogP contribution in [0, 0.1) is 0 Å². The Balaban J connectivity index is 2.50. The summed E-state index contributed by atoms with van der Waals surface area (Å²) >= 11 is 0. The molecule has 0 radical (unpaired) electrons. The third-order valence-electron chi connectivity index (χ3n) is 2.36. The first kappa shape index (κ1) is 9.69. The van der Waals surface area contributed by atoms with E-state index in [0.29, 0.717) is 0 Å². The average Bonchev–Trinajstić information content (AvgIpc) is 2.62. The van der Waals surface area contributed by atoms with Gasteiger partial charge in [0.25, 0.3) is 11.6 Å². The molecule has 2 aliphatic rings. The third kappa shape index (κ3) is 1.14. The van der Waals surface area contributed by atoms with Crippen molar-refractivity contribution in [2.24, 2.45) is 0 Å². The summed E-state index contributed by atoms with van der Waals surface area (Å²) in [6, 6.07) is 0. The zero-order chi connectivity index (χ0) is 11.2. The van der Waals surface area contributed by atoms with Gasteiger partial charge in [-0.15, -0.1) is 0 Å². The van der Waals surface area contributed by atoms with Crippen molar-refractivity contribution in [3.63, 3.8) is 0 Å². The Morgan fingerprint density at radius 3 is 2.07 bits per heavy atom. The fourth-order valence-electron chi connectivity index (χ4n) is 1.59. The highest BCUT2D eigenvalue weighted by Gasteiger charge is 2.57. The molecular formula is C8H7N2O5+. The maximum atomic E-state index is 11.3. The molecule has 78 valence electrons. The minimum atomic E-state index is -1.68. The second kappa shape index (κ2) is 2.81. The summed E-state index contributed by atoms with van der Waals surface area (Å²) in [5.74, 6) is -3.24. The molecular weight excluding hydrogens is 204 g/mol. The largest absolute Gasteiger partial charge is 0.359 e. The Labute approximate surface area is 83.5 Å². The minimum absolute atomic E-state index is 0.131. The zero-order valence-corrected chi connectivity index (χ0v) is 7.52. The van der Waals surface area contributed by atoms with E-state index in [1.54, 1.807) is 0 Å². The van der Waals surface area contributed by atoms with Gasteiger partial charge in [0.1, 0.15) is 0 Å². The number of rotatable bonds is 1. The van der Waals surface area contributed by atoms with Crippen LogP contribution in [-0.4, -0.2) is 33.5 Å². The van der Waals surface area contributed by atoms with Gasteiger partial charge < -0.3 is 0 Å². The van der Waals surface area contributed by atoms with E-state index in [4.69, 9.17) is 0 Å². The second-order valence-corrected chi connectivity index (χ2v) is 3.27. The van der Waals surface area contributed by atoms with Crippen molar-refractivity contribution >= 4 is 23.6 Å². The molecule has 0 saturated carbocycles. The summed E-state index contributed by atoms with van der Waals surface area (Å²) in [6.45, 7) is 0. The van der Waals surface area contributed by atoms with Crippen LogP contribution in [0.4, 0.5) is 0 Å². The molecule has 1 saturated heterocycles. The van der Waals surface area contributed by atoms with E-state index in [2.05, 4.69) is 0 Å². The van der Waals surface area contributed by atoms with E-state index in [9.17, 15) is 24.4 Å². The summed E-state index contributed by atoms with van der Waals surface area (Å²) in [5, 5.41) is 11.6. The molecule has 2 heterocycles. The number of imide groups is 2. The first-order chi connectivity index (χ1) is 6.96. The molecule has 15 heavy (non-hydrogen) atoms. The maximum absolute atomic E-state index is 11.3. The van der Waals surface area contributed by atoms with Crippen LogP contribution in [-0.2, 0) is 19.2 Å². The molecule has 0 aromatic heterocycles. The van der Waals surface area contributed by atoms with E-state index in [1.165, 1.54) is 0 Å². The summed E-state index contributed by atoms with van der Waals surface area (Å²) in [5.41, 5.74) is -0.521. The lowest BCUT2D eigenvalue weighted by atomic mass is 10.3. The van der Waals surface area contributed by atoms with Crippen molar-refractivity contribution < 1.29 is 29.0 Å². The van der Waals surface area contributed by atoms with Crippen molar-refractivity contribution in [2.75, 3.05) is 0 Å². The van der Waals surface area contributed by atoms with Crippen LogP contribution in [0.3, 0.4) is 0 Å². The van der Waals surface area contributed by atoms with Gasteiger partial charge in [0.2, 0.25) is 0 Å². The number of likely N-dealkylation sites (tertiary alicyclic amines) is 1. The molecule has 0 spiro atoms. The highest BCUT2D eigenvalue weighted by molar-refractivity contribution is 6.17. The predicted molar refractivity (Wildman–Crippen MR) is 42.5 cm³/mol. The van der Waals surface area contributed by atoms with E-state index in [-0.39, 0.29) is 12.8 Å². The predicted octanol–water partition coefficient (Wildman–Crippen LogP) is -1.42. The van der Waals surface area contributed by atoms with Gasteiger partial charge in [-0.2, -0.15) is 5.21 Å². The lowest BCUT2D eigenvalue weighted by Gasteiger charge is -2.17. The molecule has 4 amide bonds. The van der Waals surface area contributed by atoms with Crippen molar-refractivity contribution in [3.05, 3.63) is 11.8 Å². The molecule has 0 aliphatic carbocycles. The molecule has 0 unspecified atom stereocenters. The molecule has 2 aliphatic heterocycles. The van der Waals surface area contributed by atoms with Crippen LogP contribution >= 0.6 is 0 Å². The van der Waals surface area contributed by atoms with E-state index < -0.39 is 34.0 Å². The number of carbonyl (C=O) groups excluding carboxylic acids is 4. The molecule has 2 N–H and O–H groups in total. The second-order valence-electron chi connectivity index (χ2n) is 3.27. The monoisotopic (exact) mass is 211 g/mol. The van der Waals surface area contributed by atoms with Crippen LogP contribution in [0.25, 0.3) is 0 Å². The summed E-state index contributed by atoms with van der Waals surface area (Å²) < 4.78 is -1.68. The first-order valence-corrected chi connectivity index (χ1v) is 4.22. The number of nitrogens with one attached hydrogen (secondary N) is 1. The Morgan fingerprint density at radius 1 is 1.13 bits per heavy atom. The van der Waals surface area contributed by atoms with Crippen LogP contribution < -0.4 is 5.32 Å². The summed E-state index contributed by atoms with van der Waals surface area (Å²) in [7, 11) is 0. The molecule has 7 heteroatoms. The zero-order valence-electron chi connectivity index (χ0n) is 7.52. The number of nitrogens with zero attached hydrogens (tertiary/aromatic N) is 1. The van der Waals surface area contributed by atoms with Gasteiger partial charge in [-0.05, 0) is 4.65 Å². The average molecular weight is 211 g/mol. The third-order valence-corrected chi connectivity index (χ3v) is 2.36. The number of hydrogen-bond acceptors (Lipinski definition) is 5. The van der Waals surface area contributed by atoms with Crippen molar-refractivity contribution in [1.29, 1.82) is 0 Å². The van der Waals surface area contributed by atoms with Crippen LogP contribution in [0.1, 0.15) is 12.8 Å². The number of hydrogen-bond donors (Lipinski definition) is 2. The summed E-state index contributed by atoms with van der Waals surface area (Å²) in [6.07, 6.45) is 0.506. The lowest BCUT2D eigenvalue weighted by Crippen LogP contribution is -2.50. The van der Waals surface area contributed by atoms with Crippen LogP contribution in [0.2, 0.25) is 0 Å². The van der Waals surface area contributed by atoms with E-state index in [1.807, 2.05) is 5.32 Å². The fraction of sp³-hybridized carbons (Fsp3) is 0.250. The molecule has 7 nitrogen and oxygen atoms in total. The van der Waals surface area contributed by atoms with E-state index >= 15 is 0 Å². The first-order valence-electron chi connectivity index (χ1n) is 4.22. The van der Waals surface area contributed by atoms with Gasteiger partial charge in [-0.25, -0.2) is 9.59 Å². The Bertz CT molecular complexity index is 420. The fourth-order valence-corrected chi connectivity index (χ4v) is 1.59. The number of carbonyl (C=O) groups is 4. The molecule has 0 atom stereocenters. The van der Waals surface area contributed by atoms with Gasteiger partial charge in [0.05, 0.1) is 18.9 Å². The van der Waals surface area contributed by atoms with Crippen LogP contribution in [0.5, 0.6) is 0 Å². The smallest absolute Gasteiger partial charge is 0.284 e. The quantitative estimate of drug-likeness (QED) is 0.315. The Morgan fingerprint density at radius 2 is 1.67 bits per heavy atom. The maximum Gasteiger partial charge on any atom is 0.359 e. The van der Waals surface area contributed by atoms with Gasteiger partial charge >= 0.3 is 17.7 Å². The van der Waals surface area contributed by atoms with Crippen molar-refractivity contribution in [2.45, 2.75) is 12.8 Å². The number of quaternary nitrogens is 1. The molecule has 0 aromatic rings. The van der Waals surface area contributed by atoms with Gasteiger partial charge in [-0.3, -0.25) is 14.9 Å². The number of amides is 4. The molecule has 0 bridgehead atoms. The van der Waals surface area contributed by atoms with Crippen molar-refractivity contribution in [1.82, 2.24) is 5.32 Å². The summed E-state index contributed by atoms with van der Waals surface area (Å²) in [4.78, 5) is 44.6. The van der Waals surface area contributed by atoms with E-state index in [0.717, 1.165) is 6.08 Å². The lowest BCUT2D eigenvalue weighted by molar-refractivity contribution is -0.935. The van der Waals surface area contributed by atoms with Crippen molar-refractivity contribution in [3.8, 4) is 0 Å². The molecule has 2 rings (SSSR count). The standard InChI is InChI=1S/C8H6N2O5/c11-5-3-4(8(14)9-5)10(15)6(12)1-2-7(10)13/h3,15H,1-2H2/p+1. The SMILES string of the molecule is O=C1C=C([N+]2(O)C(=O)CCC2=O)C(=O)N1. The highest BCUT2D eigenvalue weighted by Crippen LogP contribution is 2.27. The van der Waals surface area contributed by atoms with Crippen LogP contribution in [0.15, 0.2) is 11.8 Å². The Hall–Kier alpha value is -1.86. The van der Waals surface area contributed by atoms with Gasteiger partial charge in [0.15, 0.2) is 0 Å². The normalized spacial score (nSPS) is 24.5. The molecule has 1 fully saturated rings. The minimum Gasteiger partial charge on any atom is -0.284 e. The highest BCUT2D eigenvalue weighted by atomic mass is 16.6. The topological polar surface area (TPSA) is 101 Å². The Kier molecular flexibility index (Phi) is 1.82.